The lowest BCUT2D eigenvalue weighted by molar-refractivity contribution is 0.292. The highest BCUT2D eigenvalue weighted by Gasteiger charge is 2.41. The summed E-state index contributed by atoms with van der Waals surface area (Å²) in [5, 5.41) is 4.42. The van der Waals surface area contributed by atoms with E-state index in [9.17, 15) is 0 Å². The van der Waals surface area contributed by atoms with Crippen molar-refractivity contribution in [2.24, 2.45) is 0 Å². The molecule has 1 aromatic carbocycles. The Labute approximate surface area is 209 Å². The van der Waals surface area contributed by atoms with E-state index in [1.807, 2.05) is 12.3 Å². The van der Waals surface area contributed by atoms with Gasteiger partial charge in [0, 0.05) is 24.1 Å². The van der Waals surface area contributed by atoms with Gasteiger partial charge in [0.25, 0.3) is 0 Å². The number of aryl methyl sites for hydroxylation is 4. The number of benzene rings is 1. The fraction of sp³-hybridized carbons (Fsp3) is 0.429. The number of thiocarbonyl (C=S) groups is 1. The van der Waals surface area contributed by atoms with Gasteiger partial charge >= 0.3 is 0 Å². The minimum atomic E-state index is 0.0159. The van der Waals surface area contributed by atoms with Crippen molar-refractivity contribution in [1.82, 2.24) is 24.7 Å². The van der Waals surface area contributed by atoms with E-state index in [1.54, 1.807) is 0 Å². The molecule has 0 radical (unpaired) electrons. The zero-order valence-corrected chi connectivity index (χ0v) is 22.3. The molecule has 2 atom stereocenters. The van der Waals surface area contributed by atoms with Gasteiger partial charge in [0.15, 0.2) is 5.11 Å². The van der Waals surface area contributed by atoms with E-state index in [2.05, 4.69) is 98.7 Å². The van der Waals surface area contributed by atoms with E-state index in [1.165, 1.54) is 39.3 Å². The Balaban J connectivity index is 1.81. The largest absolute Gasteiger partial charge is 0.352 e. The summed E-state index contributed by atoms with van der Waals surface area (Å²) < 4.78 is 2.42. The van der Waals surface area contributed by atoms with Crippen molar-refractivity contribution in [3.05, 3.63) is 81.9 Å². The van der Waals surface area contributed by atoms with Gasteiger partial charge in [0.1, 0.15) is 0 Å². The lowest BCUT2D eigenvalue weighted by Crippen LogP contribution is -2.32. The van der Waals surface area contributed by atoms with Crippen molar-refractivity contribution in [1.29, 1.82) is 0 Å². The maximum Gasteiger partial charge on any atom is 0.170 e. The number of aromatic nitrogens is 2. The number of hydrogen-bond acceptors (Lipinski definition) is 3. The van der Waals surface area contributed by atoms with Gasteiger partial charge in [-0.2, -0.15) is 0 Å². The Morgan fingerprint density at radius 1 is 1.03 bits per heavy atom. The van der Waals surface area contributed by atoms with Crippen molar-refractivity contribution >= 4 is 17.3 Å². The molecule has 0 spiro atoms. The molecule has 3 aromatic rings. The van der Waals surface area contributed by atoms with Crippen LogP contribution in [0.4, 0.5) is 0 Å². The van der Waals surface area contributed by atoms with Crippen molar-refractivity contribution in [3.8, 4) is 5.69 Å². The van der Waals surface area contributed by atoms with Crippen LogP contribution in [-0.2, 0) is 0 Å². The molecule has 4 rings (SSSR count). The number of hydrogen-bond donors (Lipinski definition) is 1. The standard InChI is InChI=1S/C28H37N5S/c1-18-15-19(2)26(20(3)16-18)33-21(4)17-23(22(33)5)27-25(24-11-8-9-12-29-24)30-28(34)32(27)14-10-13-31(6)7/h8-9,11-12,15-17,25,27H,10,13-14H2,1-7H3,(H,30,34)/t25-,27-/m0/s1. The number of nitrogens with one attached hydrogen (secondary N) is 1. The zero-order chi connectivity index (χ0) is 24.6. The first kappa shape index (κ1) is 24.4. The topological polar surface area (TPSA) is 36.3 Å². The lowest BCUT2D eigenvalue weighted by Gasteiger charge is -2.28. The molecule has 1 saturated heterocycles. The predicted molar refractivity (Wildman–Crippen MR) is 145 cm³/mol. The van der Waals surface area contributed by atoms with Crippen molar-refractivity contribution < 1.29 is 0 Å². The van der Waals surface area contributed by atoms with E-state index in [4.69, 9.17) is 17.2 Å². The highest BCUT2D eigenvalue weighted by Crippen LogP contribution is 2.42. The molecule has 0 unspecified atom stereocenters. The molecule has 1 N–H and O–H groups in total. The molecule has 6 heteroatoms. The summed E-state index contributed by atoms with van der Waals surface area (Å²) in [7, 11) is 4.24. The van der Waals surface area contributed by atoms with Crippen LogP contribution in [0.2, 0.25) is 0 Å². The summed E-state index contributed by atoms with van der Waals surface area (Å²) in [6, 6.07) is 13.1. The molecule has 0 amide bonds. The Morgan fingerprint density at radius 2 is 1.74 bits per heavy atom. The predicted octanol–water partition coefficient (Wildman–Crippen LogP) is 5.34. The lowest BCUT2D eigenvalue weighted by atomic mass is 9.96. The molecule has 180 valence electrons. The minimum Gasteiger partial charge on any atom is -0.352 e. The average Bonchev–Trinajstić information content (AvgIpc) is 3.24. The minimum absolute atomic E-state index is 0.0159. The third-order valence-corrected chi connectivity index (χ3v) is 7.20. The molecule has 1 fully saturated rings. The Kier molecular flexibility index (Phi) is 7.10. The molecule has 1 aliphatic heterocycles. The molecule has 0 bridgehead atoms. The molecule has 3 heterocycles. The molecule has 34 heavy (non-hydrogen) atoms. The summed E-state index contributed by atoms with van der Waals surface area (Å²) in [4.78, 5) is 9.31. The molecular formula is C28H37N5S. The number of pyridine rings is 1. The van der Waals surface area contributed by atoms with Gasteiger partial charge in [-0.05, 0) is 109 Å². The summed E-state index contributed by atoms with van der Waals surface area (Å²) in [5.74, 6) is 0. The van der Waals surface area contributed by atoms with Crippen LogP contribution >= 0.6 is 12.2 Å². The van der Waals surface area contributed by atoms with Gasteiger partial charge < -0.3 is 19.7 Å². The van der Waals surface area contributed by atoms with E-state index < -0.39 is 0 Å². The summed E-state index contributed by atoms with van der Waals surface area (Å²) in [6.45, 7) is 13.0. The van der Waals surface area contributed by atoms with Crippen LogP contribution in [-0.4, -0.2) is 51.6 Å². The second-order valence-electron chi connectivity index (χ2n) is 9.89. The maximum absolute atomic E-state index is 5.87. The maximum atomic E-state index is 5.87. The second-order valence-corrected chi connectivity index (χ2v) is 10.3. The molecule has 0 aliphatic carbocycles. The third-order valence-electron chi connectivity index (χ3n) is 6.85. The molecular weight excluding hydrogens is 438 g/mol. The summed E-state index contributed by atoms with van der Waals surface area (Å²) in [5.41, 5.74) is 10.0. The highest BCUT2D eigenvalue weighted by atomic mass is 32.1. The van der Waals surface area contributed by atoms with Gasteiger partial charge in [-0.15, -0.1) is 0 Å². The molecule has 0 saturated carbocycles. The first-order chi connectivity index (χ1) is 16.2. The Hall–Kier alpha value is -2.70. The van der Waals surface area contributed by atoms with Crippen LogP contribution in [0.5, 0.6) is 0 Å². The van der Waals surface area contributed by atoms with E-state index in [0.717, 1.165) is 30.3 Å². The van der Waals surface area contributed by atoms with Crippen LogP contribution in [0.25, 0.3) is 5.69 Å². The summed E-state index contributed by atoms with van der Waals surface area (Å²) >= 11 is 5.87. The molecule has 1 aliphatic rings. The van der Waals surface area contributed by atoms with Crippen molar-refractivity contribution in [3.63, 3.8) is 0 Å². The normalized spacial score (nSPS) is 18.1. The van der Waals surface area contributed by atoms with Gasteiger partial charge in [-0.3, -0.25) is 4.98 Å². The third kappa shape index (κ3) is 4.62. The summed E-state index contributed by atoms with van der Waals surface area (Å²) in [6.07, 6.45) is 2.92. The van der Waals surface area contributed by atoms with Crippen LogP contribution in [0.1, 0.15) is 57.8 Å². The first-order valence-corrected chi connectivity index (χ1v) is 12.5. The van der Waals surface area contributed by atoms with Gasteiger partial charge in [-0.25, -0.2) is 0 Å². The highest BCUT2D eigenvalue weighted by molar-refractivity contribution is 7.80. The molecule has 2 aromatic heterocycles. The zero-order valence-electron chi connectivity index (χ0n) is 21.5. The van der Waals surface area contributed by atoms with E-state index in [-0.39, 0.29) is 12.1 Å². The van der Waals surface area contributed by atoms with Crippen LogP contribution in [0, 0.1) is 34.6 Å². The van der Waals surface area contributed by atoms with Crippen LogP contribution in [0.3, 0.4) is 0 Å². The monoisotopic (exact) mass is 475 g/mol. The van der Waals surface area contributed by atoms with Crippen molar-refractivity contribution in [2.45, 2.75) is 53.1 Å². The van der Waals surface area contributed by atoms with Gasteiger partial charge in [0.2, 0.25) is 0 Å². The fourth-order valence-corrected chi connectivity index (χ4v) is 5.83. The number of rotatable bonds is 7. The SMILES string of the molecule is Cc1cc(C)c(-n2c(C)cc([C@H]3[C@H](c4ccccn4)NC(=S)N3CCCN(C)C)c2C)c(C)c1. The average molecular weight is 476 g/mol. The first-order valence-electron chi connectivity index (χ1n) is 12.1. The van der Waals surface area contributed by atoms with Crippen LogP contribution in [0.15, 0.2) is 42.6 Å². The van der Waals surface area contributed by atoms with Crippen LogP contribution < -0.4 is 5.32 Å². The quantitative estimate of drug-likeness (QED) is 0.467. The Bertz CT molecular complexity index is 1160. The van der Waals surface area contributed by atoms with E-state index >= 15 is 0 Å². The Morgan fingerprint density at radius 3 is 2.35 bits per heavy atom. The van der Waals surface area contributed by atoms with Crippen molar-refractivity contribution in [2.75, 3.05) is 27.2 Å². The fourth-order valence-electron chi connectivity index (χ4n) is 5.50. The van der Waals surface area contributed by atoms with E-state index in [0.29, 0.717) is 0 Å². The van der Waals surface area contributed by atoms with Gasteiger partial charge in [-0.1, -0.05) is 23.8 Å². The van der Waals surface area contributed by atoms with Gasteiger partial charge in [0.05, 0.1) is 23.5 Å². The number of nitrogens with zero attached hydrogens (tertiary/aromatic N) is 4. The second kappa shape index (κ2) is 9.88. The smallest absolute Gasteiger partial charge is 0.170 e. The molecule has 5 nitrogen and oxygen atoms in total.